The number of benzene rings is 1. The first kappa shape index (κ1) is 17.3. The van der Waals surface area contributed by atoms with Crippen molar-refractivity contribution in [2.45, 2.75) is 18.9 Å². The van der Waals surface area contributed by atoms with Gasteiger partial charge in [0.2, 0.25) is 10.0 Å². The molecule has 0 unspecified atom stereocenters. The summed E-state index contributed by atoms with van der Waals surface area (Å²) in [5.41, 5.74) is 1.70. The Morgan fingerprint density at radius 2 is 1.96 bits per heavy atom. The zero-order chi connectivity index (χ0) is 17.2. The smallest absolute Gasteiger partial charge is 0.211 e. The fourth-order valence-corrected chi connectivity index (χ4v) is 3.96. The van der Waals surface area contributed by atoms with Crippen molar-refractivity contribution in [1.29, 1.82) is 0 Å². The molecule has 24 heavy (non-hydrogen) atoms. The van der Waals surface area contributed by atoms with Gasteiger partial charge in [-0.2, -0.15) is 0 Å². The molecule has 0 aromatic heterocycles. The van der Waals surface area contributed by atoms with Gasteiger partial charge in [0.25, 0.3) is 0 Å². The van der Waals surface area contributed by atoms with Crippen LogP contribution in [0.25, 0.3) is 0 Å². The van der Waals surface area contributed by atoms with Gasteiger partial charge in [0.15, 0.2) is 0 Å². The topological polar surface area (TPSA) is 62.2 Å². The van der Waals surface area contributed by atoms with Gasteiger partial charge in [0, 0.05) is 32.6 Å². The van der Waals surface area contributed by atoms with Gasteiger partial charge < -0.3 is 4.84 Å². The van der Waals surface area contributed by atoms with Crippen molar-refractivity contribution in [3.05, 3.63) is 35.6 Å². The SMILES string of the molecule is CS(=O)(=O)N1CCCN(C[C@@H]2CC(c3ccc(F)cc3)=NO2)CC1. The summed E-state index contributed by atoms with van der Waals surface area (Å²) in [7, 11) is -3.13. The average Bonchev–Trinajstić information content (AvgIpc) is 2.84. The summed E-state index contributed by atoms with van der Waals surface area (Å²) in [6.07, 6.45) is 2.70. The van der Waals surface area contributed by atoms with Crippen LogP contribution in [0.4, 0.5) is 4.39 Å². The van der Waals surface area contributed by atoms with Crippen LogP contribution in [0.3, 0.4) is 0 Å². The lowest BCUT2D eigenvalue weighted by Gasteiger charge is -2.22. The van der Waals surface area contributed by atoms with Gasteiger partial charge in [0.1, 0.15) is 11.9 Å². The molecule has 1 aromatic rings. The fourth-order valence-electron chi connectivity index (χ4n) is 3.09. The summed E-state index contributed by atoms with van der Waals surface area (Å²) in [6.45, 7) is 3.33. The Kier molecular flexibility index (Phi) is 5.17. The standard InChI is InChI=1S/C16H22FN3O3S/c1-24(21,22)20-8-2-7-19(9-10-20)12-15-11-16(18-23-15)13-3-5-14(17)6-4-13/h3-6,15H,2,7-12H2,1H3/t15-/m0/s1. The summed E-state index contributed by atoms with van der Waals surface area (Å²) in [4.78, 5) is 7.73. The van der Waals surface area contributed by atoms with Crippen molar-refractivity contribution >= 4 is 15.7 Å². The van der Waals surface area contributed by atoms with Gasteiger partial charge in [-0.05, 0) is 30.7 Å². The zero-order valence-electron chi connectivity index (χ0n) is 13.7. The van der Waals surface area contributed by atoms with E-state index in [9.17, 15) is 12.8 Å². The second-order valence-electron chi connectivity index (χ2n) is 6.29. The third kappa shape index (κ3) is 4.31. The monoisotopic (exact) mass is 355 g/mol. The number of oxime groups is 1. The molecule has 0 aliphatic carbocycles. The molecule has 2 aliphatic heterocycles. The van der Waals surface area contributed by atoms with Crippen molar-refractivity contribution in [1.82, 2.24) is 9.21 Å². The number of sulfonamides is 1. The summed E-state index contributed by atoms with van der Waals surface area (Å²) in [5.74, 6) is -0.269. The van der Waals surface area contributed by atoms with Crippen LogP contribution >= 0.6 is 0 Å². The van der Waals surface area contributed by atoms with Crippen LogP contribution in [0, 0.1) is 5.82 Å². The highest BCUT2D eigenvalue weighted by Gasteiger charge is 2.27. The largest absolute Gasteiger partial charge is 0.390 e. The Balaban J connectivity index is 1.52. The number of hydrogen-bond acceptors (Lipinski definition) is 5. The van der Waals surface area contributed by atoms with E-state index in [4.69, 9.17) is 4.84 Å². The normalized spacial score (nSPS) is 23.6. The molecule has 6 nitrogen and oxygen atoms in total. The molecule has 1 fully saturated rings. The van der Waals surface area contributed by atoms with Crippen LogP contribution < -0.4 is 0 Å². The molecular weight excluding hydrogens is 333 g/mol. The van der Waals surface area contributed by atoms with Gasteiger partial charge in [-0.3, -0.25) is 4.90 Å². The van der Waals surface area contributed by atoms with Gasteiger partial charge in [-0.1, -0.05) is 17.3 Å². The molecule has 132 valence electrons. The molecule has 0 bridgehead atoms. The lowest BCUT2D eigenvalue weighted by Crippen LogP contribution is -2.37. The Morgan fingerprint density at radius 3 is 2.67 bits per heavy atom. The van der Waals surface area contributed by atoms with E-state index in [2.05, 4.69) is 10.1 Å². The van der Waals surface area contributed by atoms with E-state index in [0.29, 0.717) is 32.6 Å². The quantitative estimate of drug-likeness (QED) is 0.816. The van der Waals surface area contributed by atoms with Crippen LogP contribution in [-0.4, -0.2) is 68.4 Å². The molecule has 8 heteroatoms. The Hall–Kier alpha value is -1.51. The van der Waals surface area contributed by atoms with Gasteiger partial charge in [-0.15, -0.1) is 0 Å². The lowest BCUT2D eigenvalue weighted by molar-refractivity contribution is 0.0540. The minimum absolute atomic E-state index is 0.0464. The molecule has 2 heterocycles. The molecular formula is C16H22FN3O3S. The van der Waals surface area contributed by atoms with Crippen molar-refractivity contribution in [2.24, 2.45) is 5.16 Å². The first-order valence-electron chi connectivity index (χ1n) is 8.08. The maximum atomic E-state index is 13.0. The van der Waals surface area contributed by atoms with Crippen molar-refractivity contribution in [2.75, 3.05) is 39.0 Å². The number of rotatable bonds is 4. The first-order valence-corrected chi connectivity index (χ1v) is 9.93. The predicted molar refractivity (Wildman–Crippen MR) is 89.9 cm³/mol. The number of halogens is 1. The van der Waals surface area contributed by atoms with E-state index >= 15 is 0 Å². The third-order valence-electron chi connectivity index (χ3n) is 4.39. The average molecular weight is 355 g/mol. The molecule has 0 amide bonds. The summed E-state index contributed by atoms with van der Waals surface area (Å²) in [5, 5.41) is 4.12. The first-order chi connectivity index (χ1) is 11.4. The van der Waals surface area contributed by atoms with E-state index < -0.39 is 10.0 Å². The predicted octanol–water partition coefficient (Wildman–Crippen LogP) is 1.29. The highest BCUT2D eigenvalue weighted by atomic mass is 32.2. The van der Waals surface area contributed by atoms with Gasteiger partial charge in [-0.25, -0.2) is 17.1 Å². The molecule has 0 N–H and O–H groups in total. The third-order valence-corrected chi connectivity index (χ3v) is 5.69. The van der Waals surface area contributed by atoms with E-state index in [0.717, 1.165) is 24.2 Å². The van der Waals surface area contributed by atoms with E-state index in [-0.39, 0.29) is 11.9 Å². The van der Waals surface area contributed by atoms with Gasteiger partial charge in [0.05, 0.1) is 12.0 Å². The lowest BCUT2D eigenvalue weighted by atomic mass is 10.0. The minimum atomic E-state index is -3.13. The highest BCUT2D eigenvalue weighted by Crippen LogP contribution is 2.19. The Bertz CT molecular complexity index is 706. The minimum Gasteiger partial charge on any atom is -0.390 e. The van der Waals surface area contributed by atoms with Crippen LogP contribution in [-0.2, 0) is 14.9 Å². The summed E-state index contributed by atoms with van der Waals surface area (Å²) < 4.78 is 37.8. The van der Waals surface area contributed by atoms with Crippen molar-refractivity contribution in [3.8, 4) is 0 Å². The second kappa shape index (κ2) is 7.16. The Morgan fingerprint density at radius 1 is 1.21 bits per heavy atom. The number of nitrogens with zero attached hydrogens (tertiary/aromatic N) is 3. The van der Waals surface area contributed by atoms with E-state index in [1.165, 1.54) is 22.7 Å². The summed E-state index contributed by atoms with van der Waals surface area (Å²) >= 11 is 0. The maximum Gasteiger partial charge on any atom is 0.211 e. The number of hydrogen-bond donors (Lipinski definition) is 0. The van der Waals surface area contributed by atoms with Gasteiger partial charge >= 0.3 is 0 Å². The van der Waals surface area contributed by atoms with Crippen molar-refractivity contribution in [3.63, 3.8) is 0 Å². The van der Waals surface area contributed by atoms with E-state index in [1.54, 1.807) is 12.1 Å². The molecule has 2 aliphatic rings. The highest BCUT2D eigenvalue weighted by molar-refractivity contribution is 7.88. The molecule has 0 radical (unpaired) electrons. The molecule has 3 rings (SSSR count). The molecule has 1 saturated heterocycles. The maximum absolute atomic E-state index is 13.0. The second-order valence-corrected chi connectivity index (χ2v) is 8.28. The van der Waals surface area contributed by atoms with Crippen LogP contribution in [0.5, 0.6) is 0 Å². The van der Waals surface area contributed by atoms with Crippen molar-refractivity contribution < 1.29 is 17.6 Å². The zero-order valence-corrected chi connectivity index (χ0v) is 14.5. The summed E-state index contributed by atoms with van der Waals surface area (Å²) in [6, 6.07) is 6.24. The molecule has 0 saturated carbocycles. The molecule has 1 atom stereocenters. The Labute approximate surface area is 141 Å². The van der Waals surface area contributed by atoms with Crippen LogP contribution in [0.2, 0.25) is 0 Å². The molecule has 0 spiro atoms. The van der Waals surface area contributed by atoms with E-state index in [1.807, 2.05) is 0 Å². The fraction of sp³-hybridized carbons (Fsp3) is 0.562. The van der Waals surface area contributed by atoms with Crippen LogP contribution in [0.1, 0.15) is 18.4 Å². The molecule has 1 aromatic carbocycles. The van der Waals surface area contributed by atoms with Crippen LogP contribution in [0.15, 0.2) is 29.4 Å².